The molecule has 0 spiro atoms. The van der Waals surface area contributed by atoms with Crippen LogP contribution >= 0.6 is 11.6 Å². The topological polar surface area (TPSA) is 35.2 Å². The molecule has 16 heavy (non-hydrogen) atoms. The number of ether oxygens (including phenoxy) is 1. The summed E-state index contributed by atoms with van der Waals surface area (Å²) in [5, 5.41) is -0.132. The number of halogens is 3. The minimum atomic E-state index is -0.863. The molecule has 2 nitrogen and oxygen atoms in total. The molecular formula is C11H12ClF2NO. The van der Waals surface area contributed by atoms with E-state index in [2.05, 4.69) is 4.74 Å². The third-order valence-electron chi connectivity index (χ3n) is 3.14. The lowest BCUT2D eigenvalue weighted by Crippen LogP contribution is -2.21. The van der Waals surface area contributed by atoms with Crippen molar-refractivity contribution in [2.24, 2.45) is 5.73 Å². The van der Waals surface area contributed by atoms with Gasteiger partial charge in [-0.2, -0.15) is 0 Å². The molecule has 2 rings (SSSR count). The van der Waals surface area contributed by atoms with Gasteiger partial charge in [0.15, 0.2) is 17.4 Å². The van der Waals surface area contributed by atoms with E-state index in [1.165, 1.54) is 13.2 Å². The third kappa shape index (κ3) is 1.57. The van der Waals surface area contributed by atoms with Gasteiger partial charge in [-0.15, -0.1) is 0 Å². The van der Waals surface area contributed by atoms with Crippen molar-refractivity contribution in [2.45, 2.75) is 18.3 Å². The molecule has 1 aliphatic rings. The van der Waals surface area contributed by atoms with Crippen LogP contribution in [0.3, 0.4) is 0 Å². The van der Waals surface area contributed by atoms with Crippen molar-refractivity contribution < 1.29 is 13.5 Å². The Hall–Kier alpha value is -0.870. The highest BCUT2D eigenvalue weighted by atomic mass is 35.5. The van der Waals surface area contributed by atoms with Crippen molar-refractivity contribution in [3.63, 3.8) is 0 Å². The molecule has 0 amide bonds. The van der Waals surface area contributed by atoms with Gasteiger partial charge in [-0.05, 0) is 18.9 Å². The van der Waals surface area contributed by atoms with Crippen LogP contribution in [-0.2, 0) is 5.41 Å². The molecular weight excluding hydrogens is 236 g/mol. The molecule has 0 aliphatic heterocycles. The van der Waals surface area contributed by atoms with Crippen LogP contribution in [0.25, 0.3) is 0 Å². The summed E-state index contributed by atoms with van der Waals surface area (Å²) in [6.07, 6.45) is 1.59. The maximum Gasteiger partial charge on any atom is 0.192 e. The van der Waals surface area contributed by atoms with Gasteiger partial charge < -0.3 is 10.5 Å². The number of benzene rings is 1. The van der Waals surface area contributed by atoms with Gasteiger partial charge >= 0.3 is 0 Å². The fourth-order valence-electron chi connectivity index (χ4n) is 1.88. The largest absolute Gasteiger partial charge is 0.491 e. The zero-order chi connectivity index (χ0) is 11.9. The van der Waals surface area contributed by atoms with Gasteiger partial charge in [0.2, 0.25) is 0 Å². The Morgan fingerprint density at radius 3 is 2.50 bits per heavy atom. The molecule has 2 N–H and O–H groups in total. The Balaban J connectivity index is 2.59. The third-order valence-corrected chi connectivity index (χ3v) is 3.41. The van der Waals surface area contributed by atoms with Crippen LogP contribution in [0.1, 0.15) is 18.4 Å². The fourth-order valence-corrected chi connectivity index (χ4v) is 2.07. The van der Waals surface area contributed by atoms with E-state index < -0.39 is 17.4 Å². The van der Waals surface area contributed by atoms with Crippen molar-refractivity contribution in [1.82, 2.24) is 0 Å². The van der Waals surface area contributed by atoms with E-state index in [1.54, 1.807) is 0 Å². The minimum Gasteiger partial charge on any atom is -0.491 e. The van der Waals surface area contributed by atoms with Crippen molar-refractivity contribution in [3.05, 3.63) is 28.3 Å². The lowest BCUT2D eigenvalue weighted by atomic mass is 9.95. The van der Waals surface area contributed by atoms with Crippen LogP contribution < -0.4 is 10.5 Å². The maximum atomic E-state index is 14.0. The summed E-state index contributed by atoms with van der Waals surface area (Å²) < 4.78 is 32.1. The van der Waals surface area contributed by atoms with Crippen LogP contribution in [0.4, 0.5) is 8.78 Å². The normalized spacial score (nSPS) is 17.3. The molecule has 5 heteroatoms. The van der Waals surface area contributed by atoms with Crippen LogP contribution in [0.5, 0.6) is 5.75 Å². The smallest absolute Gasteiger partial charge is 0.192 e. The molecule has 0 unspecified atom stereocenters. The molecule has 0 bridgehead atoms. The first-order chi connectivity index (χ1) is 7.55. The molecule has 0 heterocycles. The van der Waals surface area contributed by atoms with Gasteiger partial charge in [-0.1, -0.05) is 11.6 Å². The second kappa shape index (κ2) is 3.86. The SMILES string of the molecule is COc1c(F)c(Cl)cc(C2(CN)CC2)c1F. The van der Waals surface area contributed by atoms with E-state index in [9.17, 15) is 8.78 Å². The summed E-state index contributed by atoms with van der Waals surface area (Å²) in [6.45, 7) is 0.328. The van der Waals surface area contributed by atoms with Gasteiger partial charge in [0, 0.05) is 17.5 Å². The zero-order valence-corrected chi connectivity index (χ0v) is 9.57. The first-order valence-electron chi connectivity index (χ1n) is 4.98. The molecule has 88 valence electrons. The van der Waals surface area contributed by atoms with Gasteiger partial charge in [0.1, 0.15) is 0 Å². The molecule has 0 radical (unpaired) electrons. The van der Waals surface area contributed by atoms with Crippen LogP contribution in [0.2, 0.25) is 5.02 Å². The highest BCUT2D eigenvalue weighted by molar-refractivity contribution is 6.31. The lowest BCUT2D eigenvalue weighted by Gasteiger charge is -2.16. The molecule has 0 aromatic heterocycles. The van der Waals surface area contributed by atoms with Gasteiger partial charge in [-0.3, -0.25) is 0 Å². The molecule has 1 fully saturated rings. The number of hydrogen-bond acceptors (Lipinski definition) is 2. The van der Waals surface area contributed by atoms with Crippen LogP contribution in [0, 0.1) is 11.6 Å². The minimum absolute atomic E-state index is 0.132. The summed E-state index contributed by atoms with van der Waals surface area (Å²) in [5.74, 6) is -1.98. The highest BCUT2D eigenvalue weighted by Gasteiger charge is 2.46. The summed E-state index contributed by atoms with van der Waals surface area (Å²) in [5.41, 5.74) is 5.58. The predicted molar refractivity (Wildman–Crippen MR) is 57.9 cm³/mol. The monoisotopic (exact) mass is 247 g/mol. The fraction of sp³-hybridized carbons (Fsp3) is 0.455. The van der Waals surface area contributed by atoms with E-state index in [-0.39, 0.29) is 10.4 Å². The van der Waals surface area contributed by atoms with E-state index in [1.807, 2.05) is 0 Å². The van der Waals surface area contributed by atoms with Crippen molar-refractivity contribution in [1.29, 1.82) is 0 Å². The highest BCUT2D eigenvalue weighted by Crippen LogP contribution is 2.50. The Morgan fingerprint density at radius 2 is 2.06 bits per heavy atom. The summed E-state index contributed by atoms with van der Waals surface area (Å²) in [4.78, 5) is 0. The second-order valence-electron chi connectivity index (χ2n) is 4.05. The number of methoxy groups -OCH3 is 1. The van der Waals surface area contributed by atoms with E-state index in [0.29, 0.717) is 12.1 Å². The van der Waals surface area contributed by atoms with E-state index in [0.717, 1.165) is 12.8 Å². The summed E-state index contributed by atoms with van der Waals surface area (Å²) >= 11 is 5.70. The lowest BCUT2D eigenvalue weighted by molar-refractivity contribution is 0.355. The van der Waals surface area contributed by atoms with Crippen LogP contribution in [-0.4, -0.2) is 13.7 Å². The van der Waals surface area contributed by atoms with Crippen LogP contribution in [0.15, 0.2) is 6.07 Å². The Kier molecular flexibility index (Phi) is 2.80. The van der Waals surface area contributed by atoms with E-state index >= 15 is 0 Å². The standard InChI is InChI=1S/C11H12ClF2NO/c1-16-10-8(13)6(4-7(12)9(10)14)11(5-15)2-3-11/h4H,2-3,5,15H2,1H3. The average Bonchev–Trinajstić information content (AvgIpc) is 3.05. The summed E-state index contributed by atoms with van der Waals surface area (Å²) in [7, 11) is 1.21. The Bertz CT molecular complexity index is 432. The first kappa shape index (κ1) is 11.6. The maximum absolute atomic E-state index is 14.0. The average molecular weight is 248 g/mol. The Morgan fingerprint density at radius 1 is 1.44 bits per heavy atom. The second-order valence-corrected chi connectivity index (χ2v) is 4.46. The number of nitrogens with two attached hydrogens (primary N) is 1. The molecule has 1 aliphatic carbocycles. The van der Waals surface area contributed by atoms with Gasteiger partial charge in [0.25, 0.3) is 0 Å². The predicted octanol–water partition coefficient (Wildman–Crippen LogP) is 2.62. The molecule has 0 atom stereocenters. The molecule has 1 saturated carbocycles. The van der Waals surface area contributed by atoms with Gasteiger partial charge in [0.05, 0.1) is 12.1 Å². The van der Waals surface area contributed by atoms with Gasteiger partial charge in [-0.25, -0.2) is 8.78 Å². The molecule has 1 aromatic carbocycles. The van der Waals surface area contributed by atoms with Crippen molar-refractivity contribution >= 4 is 11.6 Å². The molecule has 1 aromatic rings. The molecule has 0 saturated heterocycles. The number of hydrogen-bond donors (Lipinski definition) is 1. The van der Waals surface area contributed by atoms with E-state index in [4.69, 9.17) is 17.3 Å². The number of rotatable bonds is 3. The Labute approximate surface area is 97.3 Å². The van der Waals surface area contributed by atoms with Crippen molar-refractivity contribution in [2.75, 3.05) is 13.7 Å². The summed E-state index contributed by atoms with van der Waals surface area (Å²) in [6, 6.07) is 1.31. The first-order valence-corrected chi connectivity index (χ1v) is 5.35. The quantitative estimate of drug-likeness (QED) is 0.834. The zero-order valence-electron chi connectivity index (χ0n) is 8.82. The van der Waals surface area contributed by atoms with Crippen molar-refractivity contribution in [3.8, 4) is 5.75 Å².